The van der Waals surface area contributed by atoms with Gasteiger partial charge < -0.3 is 0 Å². The maximum atomic E-state index is 10.9. The summed E-state index contributed by atoms with van der Waals surface area (Å²) in [4.78, 5) is 61.5. The molecule has 0 fully saturated rings. The fraction of sp³-hybridized carbons (Fsp3) is 0.778. The number of carbonyl (C=O) groups is 4. The molecule has 0 saturated heterocycles. The van der Waals surface area contributed by atoms with E-state index in [1.807, 2.05) is 13.8 Å². The van der Waals surface area contributed by atoms with Gasteiger partial charge in [0.15, 0.2) is 0 Å². The van der Waals surface area contributed by atoms with Crippen LogP contribution in [0.1, 0.15) is 80.1 Å². The minimum Gasteiger partial charge on any atom is -0.299 e. The molecule has 0 spiro atoms. The van der Waals surface area contributed by atoms with Crippen molar-refractivity contribution < 1.29 is 82.2 Å². The zero-order valence-corrected chi connectivity index (χ0v) is 20.8. The summed E-state index contributed by atoms with van der Waals surface area (Å²) >= 11 is 0. The van der Waals surface area contributed by atoms with Gasteiger partial charge in [-0.2, -0.15) is 9.78 Å². The minimum atomic E-state index is -0.618. The average molecular weight is 472 g/mol. The molecular weight excluding hydrogens is 440 g/mol. The number of rotatable bonds is 12. The molecule has 0 aromatic heterocycles. The minimum absolute atomic E-state index is 0. The number of hydrogen-bond acceptors (Lipinski definition) is 8. The van der Waals surface area contributed by atoms with Gasteiger partial charge in [0.2, 0.25) is 0 Å². The predicted molar refractivity (Wildman–Crippen MR) is 93.7 cm³/mol. The molecule has 0 saturated carbocycles. The zero-order chi connectivity index (χ0) is 20.5. The quantitative estimate of drug-likeness (QED) is 0.185. The van der Waals surface area contributed by atoms with Crippen LogP contribution in [0.5, 0.6) is 0 Å². The van der Waals surface area contributed by atoms with E-state index in [9.17, 15) is 19.2 Å². The van der Waals surface area contributed by atoms with Gasteiger partial charge in [0.05, 0.1) is 12.2 Å². The van der Waals surface area contributed by atoms with Crippen LogP contribution in [0.15, 0.2) is 0 Å². The number of ketones is 2. The Labute approximate surface area is 197 Å². The fourth-order valence-corrected chi connectivity index (χ4v) is 1.42. The molecule has 0 aliphatic carbocycles. The third kappa shape index (κ3) is 27.8. The fourth-order valence-electron chi connectivity index (χ4n) is 1.42. The Morgan fingerprint density at radius 1 is 0.643 bits per heavy atom. The Balaban J connectivity index is -0.000000192. The molecule has 8 nitrogen and oxygen atoms in total. The van der Waals surface area contributed by atoms with Gasteiger partial charge in [0, 0.05) is 56.3 Å². The molecule has 0 atom stereocenters. The molecule has 0 aromatic carbocycles. The SMILES string of the molecule is CCCC(=O)CC(=O)OOC(C)C.CCCC(=O)CC(=O)OOC(C)C.[Ti].[Ti]. The summed E-state index contributed by atoms with van der Waals surface area (Å²) in [6.45, 7) is 10.7. The van der Waals surface area contributed by atoms with Crippen molar-refractivity contribution in [3.8, 4) is 0 Å². The molecule has 0 aromatic rings. The monoisotopic (exact) mass is 472 g/mol. The summed E-state index contributed by atoms with van der Waals surface area (Å²) in [5.41, 5.74) is 0. The molecule has 28 heavy (non-hydrogen) atoms. The first-order valence-corrected chi connectivity index (χ1v) is 8.87. The van der Waals surface area contributed by atoms with Crippen LogP contribution < -0.4 is 0 Å². The first-order chi connectivity index (χ1) is 12.1. The van der Waals surface area contributed by atoms with Gasteiger partial charge in [0.1, 0.15) is 24.4 Å². The molecule has 10 heteroatoms. The van der Waals surface area contributed by atoms with Crippen molar-refractivity contribution in [2.24, 2.45) is 0 Å². The molecule has 0 unspecified atom stereocenters. The van der Waals surface area contributed by atoms with E-state index in [4.69, 9.17) is 0 Å². The molecule has 0 heterocycles. The first-order valence-electron chi connectivity index (χ1n) is 8.87. The van der Waals surface area contributed by atoms with E-state index in [2.05, 4.69) is 19.6 Å². The van der Waals surface area contributed by atoms with E-state index in [0.29, 0.717) is 12.8 Å². The second kappa shape index (κ2) is 22.9. The van der Waals surface area contributed by atoms with Gasteiger partial charge >= 0.3 is 11.9 Å². The van der Waals surface area contributed by atoms with E-state index in [1.165, 1.54) is 0 Å². The summed E-state index contributed by atoms with van der Waals surface area (Å²) in [6, 6.07) is 0. The smallest absolute Gasteiger partial charge is 0.299 e. The number of hydrogen-bond donors (Lipinski definition) is 0. The normalized spacial score (nSPS) is 9.43. The largest absolute Gasteiger partial charge is 0.349 e. The van der Waals surface area contributed by atoms with Crippen LogP contribution in [-0.4, -0.2) is 35.7 Å². The Morgan fingerprint density at radius 3 is 1.14 bits per heavy atom. The molecule has 0 aliphatic heterocycles. The Bertz CT molecular complexity index is 399. The van der Waals surface area contributed by atoms with Crippen molar-refractivity contribution in [1.29, 1.82) is 0 Å². The van der Waals surface area contributed by atoms with E-state index in [0.717, 1.165) is 12.8 Å². The van der Waals surface area contributed by atoms with Crippen LogP contribution in [0.2, 0.25) is 0 Å². The molecule has 0 amide bonds. The summed E-state index contributed by atoms with van der Waals surface area (Å²) in [5.74, 6) is -1.46. The maximum Gasteiger partial charge on any atom is 0.349 e. The second-order valence-corrected chi connectivity index (χ2v) is 6.13. The van der Waals surface area contributed by atoms with Crippen LogP contribution in [0.4, 0.5) is 0 Å². The summed E-state index contributed by atoms with van der Waals surface area (Å²) in [6.07, 6.45) is 1.58. The van der Waals surface area contributed by atoms with Gasteiger partial charge in [0.25, 0.3) is 0 Å². The third-order valence-electron chi connectivity index (χ3n) is 2.41. The van der Waals surface area contributed by atoms with Crippen molar-refractivity contribution in [2.45, 2.75) is 92.3 Å². The van der Waals surface area contributed by atoms with Gasteiger partial charge in [-0.05, 0) is 40.5 Å². The summed E-state index contributed by atoms with van der Waals surface area (Å²) < 4.78 is 0. The molecule has 0 aliphatic rings. The van der Waals surface area contributed by atoms with Crippen molar-refractivity contribution in [3.63, 3.8) is 0 Å². The van der Waals surface area contributed by atoms with Crippen LogP contribution in [-0.2, 0) is 82.2 Å². The van der Waals surface area contributed by atoms with Gasteiger partial charge in [-0.3, -0.25) is 19.4 Å². The third-order valence-corrected chi connectivity index (χ3v) is 2.41. The molecular formula is C18H32O8Ti2. The topological polar surface area (TPSA) is 105 Å². The van der Waals surface area contributed by atoms with E-state index in [1.54, 1.807) is 27.7 Å². The Hall–Kier alpha value is -0.371. The first kappa shape index (κ1) is 35.1. The Kier molecular flexibility index (Phi) is 28.7. The van der Waals surface area contributed by atoms with Crippen molar-refractivity contribution in [2.75, 3.05) is 0 Å². The predicted octanol–water partition coefficient (Wildman–Crippen LogP) is 3.25. The van der Waals surface area contributed by atoms with Crippen molar-refractivity contribution in [1.82, 2.24) is 0 Å². The van der Waals surface area contributed by atoms with Crippen LogP contribution in [0, 0.1) is 0 Å². The Morgan fingerprint density at radius 2 is 0.929 bits per heavy atom. The van der Waals surface area contributed by atoms with E-state index < -0.39 is 11.9 Å². The summed E-state index contributed by atoms with van der Waals surface area (Å²) in [7, 11) is 0. The second-order valence-electron chi connectivity index (χ2n) is 6.13. The molecule has 0 rings (SSSR count). The summed E-state index contributed by atoms with van der Waals surface area (Å²) in [5, 5.41) is 0. The zero-order valence-electron chi connectivity index (χ0n) is 17.7. The van der Waals surface area contributed by atoms with E-state index in [-0.39, 0.29) is 80.1 Å². The van der Waals surface area contributed by atoms with Gasteiger partial charge in [-0.1, -0.05) is 13.8 Å². The number of carbonyl (C=O) groups excluding carboxylic acids is 4. The molecule has 0 N–H and O–H groups in total. The van der Waals surface area contributed by atoms with Crippen LogP contribution in [0.3, 0.4) is 0 Å². The van der Waals surface area contributed by atoms with Gasteiger partial charge in [-0.15, -0.1) is 0 Å². The molecule has 160 valence electrons. The van der Waals surface area contributed by atoms with Crippen molar-refractivity contribution in [3.05, 3.63) is 0 Å². The van der Waals surface area contributed by atoms with Gasteiger partial charge in [-0.25, -0.2) is 9.59 Å². The molecule has 0 radical (unpaired) electrons. The van der Waals surface area contributed by atoms with Crippen molar-refractivity contribution >= 4 is 23.5 Å². The molecule has 0 bridgehead atoms. The number of Topliss-reactive ketones (excluding diaryl/α,β-unsaturated/α-hetero) is 2. The van der Waals surface area contributed by atoms with E-state index >= 15 is 0 Å². The van der Waals surface area contributed by atoms with Crippen LogP contribution in [0.25, 0.3) is 0 Å². The average Bonchev–Trinajstić information content (AvgIpc) is 2.52. The standard InChI is InChI=1S/2C9H16O4.2Ti/c2*1-4-5-8(10)6-9(11)13-12-7(2)3;;/h2*7H,4-6H2,1-3H3;;. The maximum absolute atomic E-state index is 10.9. The van der Waals surface area contributed by atoms with Crippen LogP contribution >= 0.6 is 0 Å².